The Hall–Kier alpha value is -0.570. The molecule has 1 saturated heterocycles. The van der Waals surface area contributed by atoms with Gasteiger partial charge in [-0.2, -0.15) is 0 Å². The van der Waals surface area contributed by atoms with Crippen LogP contribution in [0.25, 0.3) is 0 Å². The second-order valence-corrected chi connectivity index (χ2v) is 5.02. The molecule has 1 unspecified atom stereocenters. The van der Waals surface area contributed by atoms with Gasteiger partial charge in [0.05, 0.1) is 5.41 Å². The number of ether oxygens (including phenoxy) is 1. The van der Waals surface area contributed by atoms with Crippen LogP contribution in [0.3, 0.4) is 0 Å². The Labute approximate surface area is 79.8 Å². The van der Waals surface area contributed by atoms with E-state index in [-0.39, 0.29) is 11.6 Å². The molecule has 0 aliphatic carbocycles. The average Bonchev–Trinajstić information content (AvgIpc) is 2.33. The Balaban J connectivity index is 2.53. The second kappa shape index (κ2) is 3.29. The molecule has 0 aromatic carbocycles. The van der Waals surface area contributed by atoms with Gasteiger partial charge in [0.25, 0.3) is 0 Å². The maximum Gasteiger partial charge on any atom is 0.311 e. The van der Waals surface area contributed by atoms with Crippen molar-refractivity contribution in [3.63, 3.8) is 0 Å². The van der Waals surface area contributed by atoms with E-state index in [1.54, 1.807) is 0 Å². The fourth-order valence-corrected chi connectivity index (χ4v) is 1.26. The number of esters is 1. The first-order valence-electron chi connectivity index (χ1n) is 4.78. The third-order valence-electron chi connectivity index (χ3n) is 2.28. The minimum absolute atomic E-state index is 0.112. The maximum atomic E-state index is 11.6. The standard InChI is InChI=1S/C10H19NO2/c1-9(2,3)8(12)13-10(4)5-6-11-7-10/h11H,5-7H2,1-4H3. The molecule has 0 amide bonds. The fourth-order valence-electron chi connectivity index (χ4n) is 1.26. The lowest BCUT2D eigenvalue weighted by Gasteiger charge is -2.27. The van der Waals surface area contributed by atoms with Crippen molar-refractivity contribution in [2.24, 2.45) is 5.41 Å². The van der Waals surface area contributed by atoms with Crippen LogP contribution in [0.4, 0.5) is 0 Å². The summed E-state index contributed by atoms with van der Waals surface area (Å²) in [5.41, 5.74) is -0.685. The number of carbonyl (C=O) groups excluding carboxylic acids is 1. The van der Waals surface area contributed by atoms with Crippen molar-refractivity contribution < 1.29 is 9.53 Å². The zero-order chi connectivity index (χ0) is 10.1. The van der Waals surface area contributed by atoms with Crippen molar-refractivity contribution in [2.75, 3.05) is 13.1 Å². The van der Waals surface area contributed by atoms with E-state index < -0.39 is 5.41 Å². The van der Waals surface area contributed by atoms with E-state index in [9.17, 15) is 4.79 Å². The summed E-state index contributed by atoms with van der Waals surface area (Å²) < 4.78 is 5.46. The molecular formula is C10H19NO2. The van der Waals surface area contributed by atoms with Gasteiger partial charge >= 0.3 is 5.97 Å². The molecule has 76 valence electrons. The maximum absolute atomic E-state index is 11.6. The molecule has 1 atom stereocenters. The van der Waals surface area contributed by atoms with E-state index in [0.29, 0.717) is 0 Å². The minimum atomic E-state index is -0.397. The predicted molar refractivity (Wildman–Crippen MR) is 51.4 cm³/mol. The topological polar surface area (TPSA) is 38.3 Å². The van der Waals surface area contributed by atoms with Crippen LogP contribution < -0.4 is 5.32 Å². The van der Waals surface area contributed by atoms with Crippen LogP contribution in [-0.2, 0) is 9.53 Å². The van der Waals surface area contributed by atoms with Gasteiger partial charge in [-0.05, 0) is 34.2 Å². The van der Waals surface area contributed by atoms with Crippen molar-refractivity contribution >= 4 is 5.97 Å². The molecule has 0 bridgehead atoms. The van der Waals surface area contributed by atoms with Gasteiger partial charge in [-0.25, -0.2) is 0 Å². The van der Waals surface area contributed by atoms with Gasteiger partial charge in [-0.1, -0.05) is 0 Å². The van der Waals surface area contributed by atoms with E-state index in [0.717, 1.165) is 19.5 Å². The van der Waals surface area contributed by atoms with Gasteiger partial charge in [0.2, 0.25) is 0 Å². The summed E-state index contributed by atoms with van der Waals surface area (Å²) in [5, 5.41) is 3.19. The molecule has 0 spiro atoms. The normalized spacial score (nSPS) is 28.9. The van der Waals surface area contributed by atoms with Crippen molar-refractivity contribution in [3.05, 3.63) is 0 Å². The van der Waals surface area contributed by atoms with Crippen molar-refractivity contribution in [2.45, 2.75) is 39.7 Å². The van der Waals surface area contributed by atoms with Crippen LogP contribution in [0.1, 0.15) is 34.1 Å². The molecule has 0 aromatic heterocycles. The third kappa shape index (κ3) is 2.69. The molecule has 1 aliphatic rings. The highest BCUT2D eigenvalue weighted by atomic mass is 16.6. The quantitative estimate of drug-likeness (QED) is 0.626. The number of rotatable bonds is 1. The Bertz CT molecular complexity index is 199. The third-order valence-corrected chi connectivity index (χ3v) is 2.28. The molecule has 1 heterocycles. The molecule has 0 aromatic rings. The van der Waals surface area contributed by atoms with E-state index in [1.165, 1.54) is 0 Å². The Morgan fingerprint density at radius 1 is 1.46 bits per heavy atom. The van der Waals surface area contributed by atoms with Gasteiger partial charge in [0, 0.05) is 13.0 Å². The number of nitrogens with one attached hydrogen (secondary N) is 1. The van der Waals surface area contributed by atoms with Crippen molar-refractivity contribution in [3.8, 4) is 0 Å². The zero-order valence-electron chi connectivity index (χ0n) is 8.94. The first-order valence-corrected chi connectivity index (χ1v) is 4.78. The molecule has 1 aliphatic heterocycles. The SMILES string of the molecule is CC1(OC(=O)C(C)(C)C)CCNC1. The van der Waals surface area contributed by atoms with Crippen molar-refractivity contribution in [1.82, 2.24) is 5.32 Å². The lowest BCUT2D eigenvalue weighted by molar-refractivity contribution is -0.166. The van der Waals surface area contributed by atoms with Gasteiger partial charge in [-0.15, -0.1) is 0 Å². The monoisotopic (exact) mass is 185 g/mol. The molecule has 1 N–H and O–H groups in total. The van der Waals surface area contributed by atoms with E-state index >= 15 is 0 Å². The summed E-state index contributed by atoms with van der Waals surface area (Å²) in [5.74, 6) is -0.112. The highest BCUT2D eigenvalue weighted by Gasteiger charge is 2.36. The molecule has 1 fully saturated rings. The highest BCUT2D eigenvalue weighted by molar-refractivity contribution is 5.75. The summed E-state index contributed by atoms with van der Waals surface area (Å²) in [6, 6.07) is 0. The largest absolute Gasteiger partial charge is 0.458 e. The number of hydrogen-bond acceptors (Lipinski definition) is 3. The molecule has 1 rings (SSSR count). The van der Waals surface area contributed by atoms with Crippen LogP contribution in [0.2, 0.25) is 0 Å². The predicted octanol–water partition coefficient (Wildman–Crippen LogP) is 1.33. The Kier molecular flexibility index (Phi) is 2.66. The Morgan fingerprint density at radius 2 is 2.08 bits per heavy atom. The van der Waals surface area contributed by atoms with Crippen LogP contribution >= 0.6 is 0 Å². The number of carbonyl (C=O) groups is 1. The fraction of sp³-hybridized carbons (Fsp3) is 0.900. The lowest BCUT2D eigenvalue weighted by Crippen LogP contribution is -2.38. The molecule has 13 heavy (non-hydrogen) atoms. The number of hydrogen-bond donors (Lipinski definition) is 1. The molecule has 3 nitrogen and oxygen atoms in total. The van der Waals surface area contributed by atoms with E-state index in [1.807, 2.05) is 27.7 Å². The minimum Gasteiger partial charge on any atom is -0.458 e. The average molecular weight is 185 g/mol. The van der Waals surface area contributed by atoms with Gasteiger partial charge < -0.3 is 10.1 Å². The zero-order valence-corrected chi connectivity index (χ0v) is 8.94. The first kappa shape index (κ1) is 10.5. The lowest BCUT2D eigenvalue weighted by atomic mass is 9.96. The van der Waals surface area contributed by atoms with Gasteiger partial charge in [-0.3, -0.25) is 4.79 Å². The van der Waals surface area contributed by atoms with E-state index in [2.05, 4.69) is 5.32 Å². The van der Waals surface area contributed by atoms with Crippen LogP contribution in [0.5, 0.6) is 0 Å². The van der Waals surface area contributed by atoms with Crippen molar-refractivity contribution in [1.29, 1.82) is 0 Å². The summed E-state index contributed by atoms with van der Waals surface area (Å²) in [7, 11) is 0. The summed E-state index contributed by atoms with van der Waals surface area (Å²) in [6.07, 6.45) is 0.912. The molecule has 0 saturated carbocycles. The van der Waals surface area contributed by atoms with Crippen LogP contribution in [-0.4, -0.2) is 24.7 Å². The highest BCUT2D eigenvalue weighted by Crippen LogP contribution is 2.24. The molecular weight excluding hydrogens is 166 g/mol. The van der Waals surface area contributed by atoms with Crippen LogP contribution in [0.15, 0.2) is 0 Å². The molecule has 0 radical (unpaired) electrons. The van der Waals surface area contributed by atoms with Crippen LogP contribution in [0, 0.1) is 5.41 Å². The summed E-state index contributed by atoms with van der Waals surface area (Å²) >= 11 is 0. The van der Waals surface area contributed by atoms with Gasteiger partial charge in [0.15, 0.2) is 0 Å². The molecule has 3 heteroatoms. The van der Waals surface area contributed by atoms with E-state index in [4.69, 9.17) is 4.74 Å². The van der Waals surface area contributed by atoms with Gasteiger partial charge in [0.1, 0.15) is 5.60 Å². The second-order valence-electron chi connectivity index (χ2n) is 5.02. The first-order chi connectivity index (χ1) is 5.83. The Morgan fingerprint density at radius 3 is 2.46 bits per heavy atom. The summed E-state index contributed by atoms with van der Waals surface area (Å²) in [6.45, 7) is 9.32. The summed E-state index contributed by atoms with van der Waals surface area (Å²) in [4.78, 5) is 11.6. The smallest absolute Gasteiger partial charge is 0.311 e.